The Balaban J connectivity index is 1.33. The van der Waals surface area contributed by atoms with E-state index in [1.807, 2.05) is 37.8 Å². The summed E-state index contributed by atoms with van der Waals surface area (Å²) in [4.78, 5) is 62.9. The Morgan fingerprint density at radius 2 is 1.64 bits per heavy atom. The first-order valence-electron chi connectivity index (χ1n) is 14.5. The van der Waals surface area contributed by atoms with Crippen LogP contribution in [0.3, 0.4) is 0 Å². The Morgan fingerprint density at radius 1 is 1.00 bits per heavy atom. The number of carbonyl (C=O) groups is 3. The summed E-state index contributed by atoms with van der Waals surface area (Å²) in [6.45, 7) is 6.98. The van der Waals surface area contributed by atoms with Gasteiger partial charge in [-0.05, 0) is 65.8 Å². The fourth-order valence-electron chi connectivity index (χ4n) is 5.91. The van der Waals surface area contributed by atoms with Crippen molar-refractivity contribution in [3.8, 4) is 0 Å². The zero-order chi connectivity index (χ0) is 32.0. The monoisotopic (exact) mass is 647 g/mol. The highest BCUT2D eigenvalue weighted by Crippen LogP contribution is 2.59. The third kappa shape index (κ3) is 6.31. The van der Waals surface area contributed by atoms with Crippen LogP contribution in [0.1, 0.15) is 60.0 Å². The van der Waals surface area contributed by atoms with Gasteiger partial charge in [-0.1, -0.05) is 51.1 Å². The molecule has 9 nitrogen and oxygen atoms in total. The number of carbonyl (C=O) groups excluding carboxylic acids is 3. The molecule has 1 aromatic heterocycles. The maximum Gasteiger partial charge on any atom is 0.399 e. The molecule has 3 amide bonds. The lowest BCUT2D eigenvalue weighted by Crippen LogP contribution is -2.58. The van der Waals surface area contributed by atoms with Gasteiger partial charge >= 0.3 is 13.3 Å². The van der Waals surface area contributed by atoms with Crippen molar-refractivity contribution in [1.29, 1.82) is 0 Å². The summed E-state index contributed by atoms with van der Waals surface area (Å²) in [5.74, 6) is -1.03. The third-order valence-corrected chi connectivity index (χ3v) is 10.5. The first-order valence-corrected chi connectivity index (χ1v) is 17.0. The molecule has 236 valence electrons. The highest BCUT2D eigenvalue weighted by Gasteiger charge is 2.50. The van der Waals surface area contributed by atoms with Gasteiger partial charge in [-0.15, -0.1) is 11.3 Å². The van der Waals surface area contributed by atoms with E-state index < -0.39 is 42.2 Å². The van der Waals surface area contributed by atoms with E-state index in [-0.39, 0.29) is 22.1 Å². The Morgan fingerprint density at radius 3 is 2.23 bits per heavy atom. The maximum atomic E-state index is 14.3. The van der Waals surface area contributed by atoms with Crippen LogP contribution < -0.4 is 5.32 Å². The van der Waals surface area contributed by atoms with Crippen LogP contribution in [0.25, 0.3) is 10.1 Å². The number of rotatable bonds is 6. The first kappa shape index (κ1) is 32.2. The van der Waals surface area contributed by atoms with Crippen molar-refractivity contribution in [1.82, 2.24) is 15.1 Å². The lowest BCUT2D eigenvalue weighted by Gasteiger charge is -2.36. The Bertz CT molecular complexity index is 1620. The molecule has 1 fully saturated rings. The Hall–Kier alpha value is -3.18. The minimum atomic E-state index is -5.76. The maximum absolute atomic E-state index is 14.3. The van der Waals surface area contributed by atoms with E-state index in [9.17, 15) is 27.7 Å². The molecule has 1 unspecified atom stereocenters. The minimum Gasteiger partial charge on any atom is -0.340 e. The Kier molecular flexibility index (Phi) is 8.76. The van der Waals surface area contributed by atoms with Crippen LogP contribution in [-0.4, -0.2) is 69.0 Å². The summed E-state index contributed by atoms with van der Waals surface area (Å²) in [6, 6.07) is 11.1. The van der Waals surface area contributed by atoms with E-state index in [4.69, 9.17) is 9.79 Å². The standard InChI is InChI=1S/C31H36F2N3O6PS/c1-30(2,3)26(34-27(37)25-18-21-17-22(10-11-24(21)44-25)31(32,33)43(40,41)42)29(39)36-14-6-9-23(36)28(38)35-15-12-19-7-4-5-8-20(19)13-16-35/h4-5,7-8,10-11,17-18,23,26H,6,9,12-16H2,1-3H3,(H,34,37)(H2,40,41,42)/t23-,26?/m0/s1. The van der Waals surface area contributed by atoms with Gasteiger partial charge in [0.25, 0.3) is 5.91 Å². The van der Waals surface area contributed by atoms with E-state index in [2.05, 4.69) is 17.4 Å². The second kappa shape index (κ2) is 12.0. The molecule has 0 aliphatic carbocycles. The van der Waals surface area contributed by atoms with Crippen molar-refractivity contribution in [2.45, 2.75) is 64.2 Å². The molecule has 44 heavy (non-hydrogen) atoms. The molecular weight excluding hydrogens is 611 g/mol. The normalized spacial score (nSPS) is 18.6. The van der Waals surface area contributed by atoms with Gasteiger partial charge in [-0.2, -0.15) is 8.78 Å². The van der Waals surface area contributed by atoms with E-state index in [0.29, 0.717) is 37.2 Å². The Labute approximate surface area is 258 Å². The van der Waals surface area contributed by atoms with Crippen molar-refractivity contribution in [2.75, 3.05) is 19.6 Å². The van der Waals surface area contributed by atoms with Gasteiger partial charge in [0.05, 0.1) is 4.88 Å². The molecular formula is C31H36F2N3O6PS. The van der Waals surface area contributed by atoms with Crippen LogP contribution in [0.4, 0.5) is 8.78 Å². The number of thiophene rings is 1. The van der Waals surface area contributed by atoms with Crippen molar-refractivity contribution >= 4 is 46.7 Å². The molecule has 1 saturated heterocycles. The molecule has 5 rings (SSSR count). The van der Waals surface area contributed by atoms with E-state index >= 15 is 0 Å². The molecule has 0 spiro atoms. The molecule has 3 N–H and O–H groups in total. The average molecular weight is 648 g/mol. The van der Waals surface area contributed by atoms with E-state index in [1.54, 1.807) is 4.90 Å². The van der Waals surface area contributed by atoms with Crippen molar-refractivity contribution < 1.29 is 37.5 Å². The van der Waals surface area contributed by atoms with Gasteiger partial charge in [-0.3, -0.25) is 18.9 Å². The van der Waals surface area contributed by atoms with Crippen molar-refractivity contribution in [3.63, 3.8) is 0 Å². The SMILES string of the molecule is CC(C)(C)C(NC(=O)c1cc2cc(C(F)(F)P(=O)(O)O)ccc2s1)C(=O)N1CCC[C@H]1C(=O)N1CCc2ccccc2CC1. The third-order valence-electron chi connectivity index (χ3n) is 8.39. The number of likely N-dealkylation sites (tertiary alicyclic amines) is 1. The lowest BCUT2D eigenvalue weighted by atomic mass is 9.85. The number of halogens is 2. The molecule has 2 aliphatic heterocycles. The van der Waals surface area contributed by atoms with Crippen LogP contribution in [0.15, 0.2) is 48.5 Å². The number of benzene rings is 2. The minimum absolute atomic E-state index is 0.0879. The molecule has 3 heterocycles. The van der Waals surface area contributed by atoms with Crippen LogP contribution in [-0.2, 0) is 32.7 Å². The fraction of sp³-hybridized carbons (Fsp3) is 0.452. The van der Waals surface area contributed by atoms with Gasteiger partial charge in [0.2, 0.25) is 11.8 Å². The van der Waals surface area contributed by atoms with Crippen LogP contribution in [0.5, 0.6) is 0 Å². The molecule has 2 atom stereocenters. The smallest absolute Gasteiger partial charge is 0.340 e. The number of hydrogen-bond acceptors (Lipinski definition) is 5. The van der Waals surface area contributed by atoms with Gasteiger partial charge < -0.3 is 24.9 Å². The number of fused-ring (bicyclic) bond motifs is 2. The number of nitrogens with zero attached hydrogens (tertiary/aromatic N) is 2. The summed E-state index contributed by atoms with van der Waals surface area (Å²) in [5, 5.41) is 3.04. The van der Waals surface area contributed by atoms with Gasteiger partial charge in [0, 0.05) is 29.9 Å². The number of hydrogen-bond donors (Lipinski definition) is 3. The van der Waals surface area contributed by atoms with Crippen molar-refractivity contribution in [3.05, 3.63) is 70.1 Å². The quantitative estimate of drug-likeness (QED) is 0.327. The molecule has 0 saturated carbocycles. The van der Waals surface area contributed by atoms with E-state index in [0.717, 1.165) is 36.3 Å². The van der Waals surface area contributed by atoms with E-state index in [1.165, 1.54) is 23.3 Å². The highest BCUT2D eigenvalue weighted by atomic mass is 32.1. The predicted octanol–water partition coefficient (Wildman–Crippen LogP) is 4.89. The summed E-state index contributed by atoms with van der Waals surface area (Å²) >= 11 is 1.01. The van der Waals surface area contributed by atoms with Crippen LogP contribution in [0, 0.1) is 5.41 Å². The van der Waals surface area contributed by atoms with Gasteiger partial charge in [0.15, 0.2) is 0 Å². The highest BCUT2D eigenvalue weighted by molar-refractivity contribution is 7.52. The summed E-state index contributed by atoms with van der Waals surface area (Å²) < 4.78 is 40.3. The molecule has 3 aromatic rings. The molecule has 2 aliphatic rings. The molecule has 13 heteroatoms. The van der Waals surface area contributed by atoms with Crippen LogP contribution >= 0.6 is 18.9 Å². The largest absolute Gasteiger partial charge is 0.399 e. The molecule has 0 radical (unpaired) electrons. The average Bonchev–Trinajstić information content (AvgIpc) is 3.56. The predicted molar refractivity (Wildman–Crippen MR) is 164 cm³/mol. The molecule has 0 bridgehead atoms. The van der Waals surface area contributed by atoms with Crippen LogP contribution in [0.2, 0.25) is 0 Å². The fourth-order valence-corrected chi connectivity index (χ4v) is 7.34. The lowest BCUT2D eigenvalue weighted by molar-refractivity contribution is -0.146. The van der Waals surface area contributed by atoms with Gasteiger partial charge in [0.1, 0.15) is 12.1 Å². The first-order chi connectivity index (χ1) is 20.6. The summed E-state index contributed by atoms with van der Waals surface area (Å²) in [6.07, 6.45) is 2.70. The number of amides is 3. The zero-order valence-electron chi connectivity index (χ0n) is 24.8. The summed E-state index contributed by atoms with van der Waals surface area (Å²) in [7, 11) is -5.76. The molecule has 2 aromatic carbocycles. The number of alkyl halides is 2. The zero-order valence-corrected chi connectivity index (χ0v) is 26.5. The van der Waals surface area contributed by atoms with Gasteiger partial charge in [-0.25, -0.2) is 0 Å². The number of nitrogens with one attached hydrogen (secondary N) is 1. The topological polar surface area (TPSA) is 127 Å². The van der Waals surface area contributed by atoms with Crippen molar-refractivity contribution in [2.24, 2.45) is 5.41 Å². The second-order valence-electron chi connectivity index (χ2n) is 12.5. The second-order valence-corrected chi connectivity index (χ2v) is 15.2. The summed E-state index contributed by atoms with van der Waals surface area (Å²) in [5.41, 5.74) is -3.50.